The molecule has 0 aliphatic carbocycles. The summed E-state index contributed by atoms with van der Waals surface area (Å²) in [5.74, 6) is 1.08. The van der Waals surface area contributed by atoms with Crippen LogP contribution in [0.5, 0.6) is 0 Å². The molecule has 7 heteroatoms. The first-order valence-electron chi connectivity index (χ1n) is 5.68. The molecule has 1 saturated heterocycles. The number of sulfonamides is 1. The van der Waals surface area contributed by atoms with Crippen LogP contribution in [-0.2, 0) is 10.0 Å². The molecule has 0 aromatic carbocycles. The Morgan fingerprint density at radius 3 is 2.56 bits per heavy atom. The van der Waals surface area contributed by atoms with Gasteiger partial charge in [-0.25, -0.2) is 8.42 Å². The van der Waals surface area contributed by atoms with Crippen molar-refractivity contribution in [3.05, 3.63) is 17.6 Å². The first-order valence-corrected chi connectivity index (χ1v) is 7.12. The fraction of sp³-hybridized carbons (Fsp3) is 0.636. The van der Waals surface area contributed by atoms with Crippen LogP contribution in [0, 0.1) is 13.8 Å². The number of halogens is 1. The van der Waals surface area contributed by atoms with Gasteiger partial charge in [0.1, 0.15) is 16.4 Å². The Hall–Kier alpha value is -0.560. The lowest BCUT2D eigenvalue weighted by atomic mass is 10.3. The Labute approximate surface area is 114 Å². The van der Waals surface area contributed by atoms with Crippen molar-refractivity contribution in [3.63, 3.8) is 0 Å². The molecule has 0 saturated carbocycles. The third-order valence-corrected chi connectivity index (χ3v) is 5.22. The first-order chi connectivity index (χ1) is 7.93. The van der Waals surface area contributed by atoms with Crippen LogP contribution < -0.4 is 5.32 Å². The van der Waals surface area contributed by atoms with E-state index in [2.05, 4.69) is 5.32 Å². The van der Waals surface area contributed by atoms with Gasteiger partial charge in [-0.05, 0) is 32.9 Å². The number of hydrogen-bond donors (Lipinski definition) is 1. The van der Waals surface area contributed by atoms with E-state index < -0.39 is 10.0 Å². The second-order valence-electron chi connectivity index (χ2n) is 4.45. The maximum atomic E-state index is 12.4. The van der Waals surface area contributed by atoms with Gasteiger partial charge in [0.2, 0.25) is 10.0 Å². The largest absolute Gasteiger partial charge is 0.465 e. The molecule has 0 spiro atoms. The van der Waals surface area contributed by atoms with Gasteiger partial charge in [0.15, 0.2) is 0 Å². The molecule has 1 unspecified atom stereocenters. The van der Waals surface area contributed by atoms with E-state index in [1.165, 1.54) is 4.31 Å². The standard InChI is InChI=1S/C11H18N2O3S.ClH/c1-8-6-11(9(2)16-8)17(14,15)13(3)10-4-5-12-7-10;/h6,10,12H,4-5,7H2,1-3H3;1H. The Balaban J connectivity index is 0.00000162. The van der Waals surface area contributed by atoms with Crippen LogP contribution in [0.15, 0.2) is 15.4 Å². The van der Waals surface area contributed by atoms with E-state index in [0.717, 1.165) is 13.0 Å². The predicted molar refractivity (Wildman–Crippen MR) is 71.7 cm³/mol. The van der Waals surface area contributed by atoms with E-state index in [0.29, 0.717) is 18.1 Å². The van der Waals surface area contributed by atoms with Crippen LogP contribution in [0.2, 0.25) is 0 Å². The molecule has 1 aromatic rings. The number of rotatable bonds is 3. The Morgan fingerprint density at radius 2 is 2.11 bits per heavy atom. The van der Waals surface area contributed by atoms with Gasteiger partial charge in [-0.15, -0.1) is 12.4 Å². The van der Waals surface area contributed by atoms with E-state index in [4.69, 9.17) is 4.42 Å². The molecular formula is C11H19ClN2O3S. The molecule has 1 aliphatic heterocycles. The van der Waals surface area contributed by atoms with Crippen molar-refractivity contribution in [3.8, 4) is 0 Å². The van der Waals surface area contributed by atoms with Gasteiger partial charge in [-0.3, -0.25) is 0 Å². The third kappa shape index (κ3) is 2.71. The monoisotopic (exact) mass is 294 g/mol. The number of likely N-dealkylation sites (N-methyl/N-ethyl adjacent to an activating group) is 1. The highest BCUT2D eigenvalue weighted by atomic mass is 35.5. The second kappa shape index (κ2) is 5.61. The van der Waals surface area contributed by atoms with E-state index in [1.807, 2.05) is 0 Å². The number of nitrogens with zero attached hydrogens (tertiary/aromatic N) is 1. The van der Waals surface area contributed by atoms with Crippen LogP contribution in [0.4, 0.5) is 0 Å². The zero-order valence-electron chi connectivity index (χ0n) is 10.8. The summed E-state index contributed by atoms with van der Waals surface area (Å²) in [6.45, 7) is 5.02. The van der Waals surface area contributed by atoms with E-state index >= 15 is 0 Å². The van der Waals surface area contributed by atoms with Crippen molar-refractivity contribution in [2.45, 2.75) is 31.2 Å². The SMILES string of the molecule is Cc1cc(S(=O)(=O)N(C)C2CCNC2)c(C)o1.Cl. The lowest BCUT2D eigenvalue weighted by Crippen LogP contribution is -2.38. The Morgan fingerprint density at radius 1 is 1.44 bits per heavy atom. The summed E-state index contributed by atoms with van der Waals surface area (Å²) >= 11 is 0. The van der Waals surface area contributed by atoms with Crippen molar-refractivity contribution in [1.82, 2.24) is 9.62 Å². The predicted octanol–water partition coefficient (Wildman–Crippen LogP) is 1.30. The maximum absolute atomic E-state index is 12.4. The minimum Gasteiger partial charge on any atom is -0.465 e. The van der Waals surface area contributed by atoms with Gasteiger partial charge < -0.3 is 9.73 Å². The number of hydrogen-bond acceptors (Lipinski definition) is 4. The van der Waals surface area contributed by atoms with Crippen LogP contribution in [0.25, 0.3) is 0 Å². The van der Waals surface area contributed by atoms with Gasteiger partial charge >= 0.3 is 0 Å². The van der Waals surface area contributed by atoms with Gasteiger partial charge in [-0.1, -0.05) is 0 Å². The molecule has 2 rings (SSSR count). The summed E-state index contributed by atoms with van der Waals surface area (Å²) in [4.78, 5) is 0.282. The van der Waals surface area contributed by atoms with Crippen LogP contribution in [0.3, 0.4) is 0 Å². The Kier molecular flexibility index (Phi) is 4.83. The van der Waals surface area contributed by atoms with E-state index in [-0.39, 0.29) is 23.3 Å². The van der Waals surface area contributed by atoms with Crippen molar-refractivity contribution in [2.24, 2.45) is 0 Å². The Bertz CT molecular complexity index is 506. The first kappa shape index (κ1) is 15.5. The lowest BCUT2D eigenvalue weighted by Gasteiger charge is -2.22. The minimum absolute atomic E-state index is 0. The molecule has 1 N–H and O–H groups in total. The third-order valence-electron chi connectivity index (χ3n) is 3.20. The van der Waals surface area contributed by atoms with Crippen LogP contribution in [-0.4, -0.2) is 38.9 Å². The number of nitrogens with one attached hydrogen (secondary N) is 1. The van der Waals surface area contributed by atoms with Gasteiger partial charge in [-0.2, -0.15) is 4.31 Å². The van der Waals surface area contributed by atoms with Gasteiger partial charge in [0, 0.05) is 19.6 Å². The van der Waals surface area contributed by atoms with Crippen molar-refractivity contribution < 1.29 is 12.8 Å². The molecule has 1 fully saturated rings. The van der Waals surface area contributed by atoms with Gasteiger partial charge in [0.25, 0.3) is 0 Å². The molecule has 2 heterocycles. The topological polar surface area (TPSA) is 62.6 Å². The molecule has 0 radical (unpaired) electrons. The maximum Gasteiger partial charge on any atom is 0.246 e. The molecule has 1 atom stereocenters. The van der Waals surface area contributed by atoms with Crippen LogP contribution in [0.1, 0.15) is 17.9 Å². The molecular weight excluding hydrogens is 276 g/mol. The zero-order chi connectivity index (χ0) is 12.6. The van der Waals surface area contributed by atoms with E-state index in [1.54, 1.807) is 27.0 Å². The minimum atomic E-state index is -3.43. The molecule has 1 aliphatic rings. The van der Waals surface area contributed by atoms with Crippen molar-refractivity contribution in [1.29, 1.82) is 0 Å². The summed E-state index contributed by atoms with van der Waals surface area (Å²) in [5.41, 5.74) is 0. The normalized spacial score (nSPS) is 20.1. The summed E-state index contributed by atoms with van der Waals surface area (Å²) in [6, 6.07) is 1.62. The number of furan rings is 1. The fourth-order valence-electron chi connectivity index (χ4n) is 2.16. The lowest BCUT2D eigenvalue weighted by molar-refractivity contribution is 0.386. The average Bonchev–Trinajstić information content (AvgIpc) is 2.86. The van der Waals surface area contributed by atoms with Crippen molar-refractivity contribution in [2.75, 3.05) is 20.1 Å². The summed E-state index contributed by atoms with van der Waals surface area (Å²) < 4.78 is 31.5. The summed E-state index contributed by atoms with van der Waals surface area (Å²) in [5, 5.41) is 3.17. The highest BCUT2D eigenvalue weighted by molar-refractivity contribution is 7.89. The molecule has 0 amide bonds. The van der Waals surface area contributed by atoms with E-state index in [9.17, 15) is 8.42 Å². The molecule has 1 aromatic heterocycles. The van der Waals surface area contributed by atoms with Crippen molar-refractivity contribution >= 4 is 22.4 Å². The quantitative estimate of drug-likeness (QED) is 0.913. The smallest absolute Gasteiger partial charge is 0.246 e. The zero-order valence-corrected chi connectivity index (χ0v) is 12.4. The average molecular weight is 295 g/mol. The molecule has 18 heavy (non-hydrogen) atoms. The second-order valence-corrected chi connectivity index (χ2v) is 6.41. The highest BCUT2D eigenvalue weighted by Crippen LogP contribution is 2.24. The molecule has 5 nitrogen and oxygen atoms in total. The number of aryl methyl sites for hydroxylation is 2. The summed E-state index contributed by atoms with van der Waals surface area (Å²) in [7, 11) is -1.80. The fourth-order valence-corrected chi connectivity index (χ4v) is 3.77. The highest BCUT2D eigenvalue weighted by Gasteiger charge is 2.32. The summed E-state index contributed by atoms with van der Waals surface area (Å²) in [6.07, 6.45) is 0.853. The van der Waals surface area contributed by atoms with Crippen LogP contribution >= 0.6 is 12.4 Å². The molecule has 104 valence electrons. The molecule has 0 bridgehead atoms. The van der Waals surface area contributed by atoms with Gasteiger partial charge in [0.05, 0.1) is 0 Å².